The maximum atomic E-state index is 15.3. The van der Waals surface area contributed by atoms with Crippen molar-refractivity contribution in [2.24, 2.45) is 0 Å². The lowest BCUT2D eigenvalue weighted by Crippen LogP contribution is -2.44. The van der Waals surface area contributed by atoms with Gasteiger partial charge in [-0.3, -0.25) is 9.36 Å². The van der Waals surface area contributed by atoms with Gasteiger partial charge < -0.3 is 13.8 Å². The molecule has 0 saturated carbocycles. The number of hydrogen-bond acceptors (Lipinski definition) is 6. The zero-order chi connectivity index (χ0) is 17.2. The molecule has 6 nitrogen and oxygen atoms in total. The Hall–Kier alpha value is -0.780. The van der Waals surface area contributed by atoms with E-state index >= 15 is 4.39 Å². The number of halogens is 1. The SMILES string of the molecule is CCCCCC(=O)C(F)(C(=O)OCC)P(=O)(OCC)OCC. The molecule has 1 atom stereocenters. The summed E-state index contributed by atoms with van der Waals surface area (Å²) >= 11 is 0. The van der Waals surface area contributed by atoms with Gasteiger partial charge >= 0.3 is 19.0 Å². The summed E-state index contributed by atoms with van der Waals surface area (Å²) < 4.78 is 42.3. The molecule has 0 amide bonds. The molecule has 22 heavy (non-hydrogen) atoms. The number of rotatable bonds is 12. The second-order valence-corrected chi connectivity index (χ2v) is 6.68. The second kappa shape index (κ2) is 10.1. The average Bonchev–Trinajstić information content (AvgIpc) is 2.47. The van der Waals surface area contributed by atoms with E-state index in [-0.39, 0.29) is 26.2 Å². The third-order valence-electron chi connectivity index (χ3n) is 2.90. The Morgan fingerprint density at radius 1 is 1.00 bits per heavy atom. The molecule has 0 radical (unpaired) electrons. The van der Waals surface area contributed by atoms with E-state index in [0.29, 0.717) is 12.8 Å². The molecule has 0 aromatic carbocycles. The van der Waals surface area contributed by atoms with Crippen molar-refractivity contribution in [2.75, 3.05) is 19.8 Å². The molecule has 0 aromatic rings. The quantitative estimate of drug-likeness (QED) is 0.234. The predicted octanol–water partition coefficient (Wildman–Crippen LogP) is 3.63. The normalized spacial score (nSPS) is 14.4. The third kappa shape index (κ3) is 4.86. The van der Waals surface area contributed by atoms with Crippen LogP contribution in [-0.4, -0.2) is 37.0 Å². The van der Waals surface area contributed by atoms with Crippen LogP contribution in [0.25, 0.3) is 0 Å². The topological polar surface area (TPSA) is 78.9 Å². The largest absolute Gasteiger partial charge is 0.463 e. The van der Waals surface area contributed by atoms with E-state index in [1.165, 1.54) is 20.8 Å². The van der Waals surface area contributed by atoms with Gasteiger partial charge in [-0.05, 0) is 27.2 Å². The highest BCUT2D eigenvalue weighted by Crippen LogP contribution is 2.62. The van der Waals surface area contributed by atoms with E-state index in [1.54, 1.807) is 0 Å². The van der Waals surface area contributed by atoms with Crippen LogP contribution >= 0.6 is 7.60 Å². The molecular formula is C14H26FO6P. The van der Waals surface area contributed by atoms with Gasteiger partial charge in [-0.25, -0.2) is 9.18 Å². The highest BCUT2D eigenvalue weighted by Gasteiger charge is 2.64. The number of carbonyl (C=O) groups is 2. The zero-order valence-electron chi connectivity index (χ0n) is 13.7. The molecule has 1 unspecified atom stereocenters. The first-order valence-electron chi connectivity index (χ1n) is 7.62. The van der Waals surface area contributed by atoms with E-state index < -0.39 is 24.8 Å². The minimum atomic E-state index is -4.62. The number of carbonyl (C=O) groups excluding carboxylic acids is 2. The molecule has 0 aliphatic carbocycles. The summed E-state index contributed by atoms with van der Waals surface area (Å²) in [6.07, 6.45) is 1.67. The maximum absolute atomic E-state index is 15.3. The van der Waals surface area contributed by atoms with Crippen molar-refractivity contribution in [3.63, 3.8) is 0 Å². The number of ether oxygens (including phenoxy) is 1. The van der Waals surface area contributed by atoms with Crippen molar-refractivity contribution in [1.82, 2.24) is 0 Å². The molecule has 0 heterocycles. The highest BCUT2D eigenvalue weighted by atomic mass is 31.2. The van der Waals surface area contributed by atoms with Crippen LogP contribution in [0.2, 0.25) is 0 Å². The lowest BCUT2D eigenvalue weighted by molar-refractivity contribution is -0.157. The lowest BCUT2D eigenvalue weighted by Gasteiger charge is -2.29. The van der Waals surface area contributed by atoms with Crippen LogP contribution in [0, 0.1) is 0 Å². The Morgan fingerprint density at radius 2 is 1.55 bits per heavy atom. The number of esters is 1. The number of ketones is 1. The maximum Gasteiger partial charge on any atom is 0.387 e. The number of hydrogen-bond donors (Lipinski definition) is 0. The van der Waals surface area contributed by atoms with Gasteiger partial charge in [-0.2, -0.15) is 0 Å². The van der Waals surface area contributed by atoms with Crippen LogP contribution in [0.15, 0.2) is 0 Å². The number of unbranched alkanes of at least 4 members (excludes halogenated alkanes) is 2. The molecular weight excluding hydrogens is 314 g/mol. The Labute approximate surface area is 131 Å². The molecule has 0 aromatic heterocycles. The summed E-state index contributed by atoms with van der Waals surface area (Å²) in [4.78, 5) is 24.2. The van der Waals surface area contributed by atoms with Gasteiger partial charge in [0, 0.05) is 6.42 Å². The Balaban J connectivity index is 5.61. The fourth-order valence-electron chi connectivity index (χ4n) is 1.86. The molecule has 0 rings (SSSR count). The fourth-order valence-corrected chi connectivity index (χ4v) is 3.68. The van der Waals surface area contributed by atoms with Gasteiger partial charge in [0.05, 0.1) is 19.8 Å². The smallest absolute Gasteiger partial charge is 0.387 e. The summed E-state index contributed by atoms with van der Waals surface area (Å²) in [6.45, 7) is 5.85. The molecule has 0 aliphatic rings. The van der Waals surface area contributed by atoms with E-state index in [1.807, 2.05) is 6.92 Å². The minimum Gasteiger partial charge on any atom is -0.463 e. The van der Waals surface area contributed by atoms with Gasteiger partial charge in [-0.1, -0.05) is 19.8 Å². The van der Waals surface area contributed by atoms with Crippen LogP contribution in [0.4, 0.5) is 4.39 Å². The van der Waals surface area contributed by atoms with Crippen molar-refractivity contribution >= 4 is 19.3 Å². The predicted molar refractivity (Wildman–Crippen MR) is 80.5 cm³/mol. The standard InChI is InChI=1S/C14H26FO6P/c1-5-9-10-11-12(16)14(15,13(17)19-6-2)22(18,20-7-3)21-8-4/h5-11H2,1-4H3. The molecule has 0 aliphatic heterocycles. The van der Waals surface area contributed by atoms with Gasteiger partial charge in [0.1, 0.15) is 0 Å². The van der Waals surface area contributed by atoms with E-state index in [9.17, 15) is 14.2 Å². The molecule has 0 fully saturated rings. The fraction of sp³-hybridized carbons (Fsp3) is 0.857. The Morgan fingerprint density at radius 3 is 1.95 bits per heavy atom. The van der Waals surface area contributed by atoms with Gasteiger partial charge in [0.2, 0.25) is 0 Å². The van der Waals surface area contributed by atoms with Gasteiger partial charge in [-0.15, -0.1) is 0 Å². The van der Waals surface area contributed by atoms with Crippen LogP contribution < -0.4 is 0 Å². The van der Waals surface area contributed by atoms with Crippen LogP contribution in [-0.2, 0) is 27.9 Å². The monoisotopic (exact) mass is 340 g/mol. The van der Waals surface area contributed by atoms with E-state index in [4.69, 9.17) is 9.05 Å². The lowest BCUT2D eigenvalue weighted by atomic mass is 10.1. The first-order valence-corrected chi connectivity index (χ1v) is 9.16. The summed E-state index contributed by atoms with van der Waals surface area (Å²) in [5.74, 6) is -2.63. The highest BCUT2D eigenvalue weighted by molar-refractivity contribution is 7.57. The summed E-state index contributed by atoms with van der Waals surface area (Å²) in [5.41, 5.74) is 0. The zero-order valence-corrected chi connectivity index (χ0v) is 14.6. The van der Waals surface area contributed by atoms with Gasteiger partial charge in [0.15, 0.2) is 5.78 Å². The molecule has 8 heteroatoms. The van der Waals surface area contributed by atoms with E-state index in [2.05, 4.69) is 4.74 Å². The van der Waals surface area contributed by atoms with Crippen molar-refractivity contribution in [3.8, 4) is 0 Å². The third-order valence-corrected chi connectivity index (χ3v) is 5.28. The van der Waals surface area contributed by atoms with Gasteiger partial charge in [0.25, 0.3) is 0 Å². The summed E-state index contributed by atoms with van der Waals surface area (Å²) in [6, 6.07) is 0. The number of alkyl halides is 1. The van der Waals surface area contributed by atoms with Crippen molar-refractivity contribution in [2.45, 2.75) is 58.8 Å². The van der Waals surface area contributed by atoms with Crippen molar-refractivity contribution < 1.29 is 32.3 Å². The Bertz CT molecular complexity index is 404. The molecule has 0 bridgehead atoms. The van der Waals surface area contributed by atoms with Crippen LogP contribution in [0.1, 0.15) is 53.4 Å². The van der Waals surface area contributed by atoms with Crippen molar-refractivity contribution in [1.29, 1.82) is 0 Å². The number of Topliss-reactive ketones (excluding diaryl/α,β-unsaturated/α-hetero) is 1. The average molecular weight is 340 g/mol. The first-order chi connectivity index (χ1) is 10.3. The first kappa shape index (κ1) is 21.2. The molecule has 130 valence electrons. The van der Waals surface area contributed by atoms with E-state index in [0.717, 1.165) is 6.42 Å². The molecule has 0 N–H and O–H groups in total. The Kier molecular flexibility index (Phi) is 9.72. The van der Waals surface area contributed by atoms with Crippen LogP contribution in [0.3, 0.4) is 0 Å². The second-order valence-electron chi connectivity index (χ2n) is 4.56. The summed E-state index contributed by atoms with van der Waals surface area (Å²) in [7, 11) is -4.62. The minimum absolute atomic E-state index is 0.148. The van der Waals surface area contributed by atoms with Crippen molar-refractivity contribution in [3.05, 3.63) is 0 Å². The molecule has 0 spiro atoms. The summed E-state index contributed by atoms with van der Waals surface area (Å²) in [5, 5.41) is -3.41. The van der Waals surface area contributed by atoms with Crippen LogP contribution in [0.5, 0.6) is 0 Å². The molecule has 0 saturated heterocycles.